The molecule has 0 aromatic heterocycles. The first-order valence-electron chi connectivity index (χ1n) is 7.15. The Labute approximate surface area is 127 Å². The first kappa shape index (κ1) is 15.7. The van der Waals surface area contributed by atoms with Crippen molar-refractivity contribution in [2.75, 3.05) is 24.5 Å². The summed E-state index contributed by atoms with van der Waals surface area (Å²) in [5.74, 6) is -0.610. The summed E-state index contributed by atoms with van der Waals surface area (Å²) >= 11 is 3.27. The third-order valence-electron chi connectivity index (χ3n) is 3.86. The first-order chi connectivity index (χ1) is 9.52. The van der Waals surface area contributed by atoms with Gasteiger partial charge in [0.15, 0.2) is 5.82 Å². The molecule has 2 nitrogen and oxygen atoms in total. The Morgan fingerprint density at radius 1 is 1.40 bits per heavy atom. The third kappa shape index (κ3) is 3.50. The molecular weight excluding hydrogens is 326 g/mol. The molecule has 5 heteroatoms. The van der Waals surface area contributed by atoms with Gasteiger partial charge in [0.2, 0.25) is 0 Å². The van der Waals surface area contributed by atoms with Crippen LogP contribution in [-0.2, 0) is 0 Å². The van der Waals surface area contributed by atoms with Crippen molar-refractivity contribution in [1.29, 1.82) is 0 Å². The summed E-state index contributed by atoms with van der Waals surface area (Å²) in [6.07, 6.45) is 2.09. The van der Waals surface area contributed by atoms with Gasteiger partial charge in [0.1, 0.15) is 5.82 Å². The van der Waals surface area contributed by atoms with Gasteiger partial charge in [0, 0.05) is 29.7 Å². The molecule has 0 radical (unpaired) electrons. The van der Waals surface area contributed by atoms with Crippen molar-refractivity contribution >= 4 is 21.6 Å². The van der Waals surface area contributed by atoms with Crippen LogP contribution in [0.1, 0.15) is 26.7 Å². The molecule has 0 saturated carbocycles. The monoisotopic (exact) mass is 346 g/mol. The van der Waals surface area contributed by atoms with E-state index in [0.29, 0.717) is 22.1 Å². The number of benzene rings is 1. The zero-order valence-electron chi connectivity index (χ0n) is 11.9. The van der Waals surface area contributed by atoms with Crippen molar-refractivity contribution in [3.63, 3.8) is 0 Å². The van der Waals surface area contributed by atoms with Gasteiger partial charge < -0.3 is 10.2 Å². The van der Waals surface area contributed by atoms with E-state index >= 15 is 0 Å². The topological polar surface area (TPSA) is 15.3 Å². The van der Waals surface area contributed by atoms with Crippen LogP contribution in [0.15, 0.2) is 16.6 Å². The lowest BCUT2D eigenvalue weighted by molar-refractivity contribution is 0.321. The zero-order valence-corrected chi connectivity index (χ0v) is 13.5. The minimum Gasteiger partial charge on any atom is -0.368 e. The molecule has 1 aromatic rings. The van der Waals surface area contributed by atoms with E-state index in [-0.39, 0.29) is 0 Å². The Balaban J connectivity index is 2.09. The molecule has 1 aromatic carbocycles. The fraction of sp³-hybridized carbons (Fsp3) is 0.600. The number of hydrogen-bond acceptors (Lipinski definition) is 2. The molecule has 1 aliphatic heterocycles. The average molecular weight is 347 g/mol. The molecule has 1 N–H and O–H groups in total. The Hall–Kier alpha value is -0.680. The molecule has 1 heterocycles. The highest BCUT2D eigenvalue weighted by Gasteiger charge is 2.28. The number of rotatable bonds is 4. The number of piperidine rings is 1. The Bertz CT molecular complexity index is 444. The zero-order chi connectivity index (χ0) is 14.7. The van der Waals surface area contributed by atoms with Crippen molar-refractivity contribution in [2.45, 2.75) is 32.7 Å². The van der Waals surface area contributed by atoms with E-state index in [0.717, 1.165) is 38.5 Å². The SMILES string of the molecule is CCCNC1CCN(c2c(F)cc(F)cc2Br)CC1C. The van der Waals surface area contributed by atoms with Crippen LogP contribution in [0, 0.1) is 17.6 Å². The second kappa shape index (κ2) is 6.85. The molecule has 2 unspecified atom stereocenters. The van der Waals surface area contributed by atoms with E-state index in [9.17, 15) is 8.78 Å². The van der Waals surface area contributed by atoms with Gasteiger partial charge in [0.25, 0.3) is 0 Å². The summed E-state index contributed by atoms with van der Waals surface area (Å²) in [7, 11) is 0. The largest absolute Gasteiger partial charge is 0.368 e. The standard InChI is InChI=1S/C15H21BrF2N2/c1-3-5-19-14-4-6-20(9-10(14)2)15-12(16)7-11(17)8-13(15)18/h7-8,10,14,19H,3-6,9H2,1-2H3. The number of hydrogen-bond donors (Lipinski definition) is 1. The highest BCUT2D eigenvalue weighted by molar-refractivity contribution is 9.10. The van der Waals surface area contributed by atoms with Crippen molar-refractivity contribution in [1.82, 2.24) is 5.32 Å². The maximum atomic E-state index is 14.0. The second-order valence-corrected chi connectivity index (χ2v) is 6.34. The molecule has 0 amide bonds. The van der Waals surface area contributed by atoms with Gasteiger partial charge in [-0.25, -0.2) is 8.78 Å². The van der Waals surface area contributed by atoms with E-state index in [2.05, 4.69) is 35.1 Å². The van der Waals surface area contributed by atoms with Gasteiger partial charge in [-0.2, -0.15) is 0 Å². The average Bonchev–Trinajstić information content (AvgIpc) is 2.36. The molecule has 20 heavy (non-hydrogen) atoms. The van der Waals surface area contributed by atoms with Gasteiger partial charge >= 0.3 is 0 Å². The van der Waals surface area contributed by atoms with Crippen molar-refractivity contribution in [3.8, 4) is 0 Å². The first-order valence-corrected chi connectivity index (χ1v) is 7.95. The molecular formula is C15H21BrF2N2. The summed E-state index contributed by atoms with van der Waals surface area (Å²) in [5, 5.41) is 3.54. The van der Waals surface area contributed by atoms with Gasteiger partial charge in [-0.3, -0.25) is 0 Å². The van der Waals surface area contributed by atoms with Gasteiger partial charge in [-0.05, 0) is 47.3 Å². The molecule has 0 spiro atoms. The summed E-state index contributed by atoms with van der Waals surface area (Å²) in [6.45, 7) is 6.91. The van der Waals surface area contributed by atoms with E-state index in [1.165, 1.54) is 6.07 Å². The van der Waals surface area contributed by atoms with Crippen LogP contribution in [0.5, 0.6) is 0 Å². The van der Waals surface area contributed by atoms with Crippen LogP contribution in [-0.4, -0.2) is 25.7 Å². The smallest absolute Gasteiger partial charge is 0.150 e. The number of nitrogens with zero attached hydrogens (tertiary/aromatic N) is 1. The molecule has 2 atom stereocenters. The van der Waals surface area contributed by atoms with Crippen LogP contribution in [0.4, 0.5) is 14.5 Å². The molecule has 1 fully saturated rings. The van der Waals surface area contributed by atoms with E-state index in [4.69, 9.17) is 0 Å². The maximum absolute atomic E-state index is 14.0. The lowest BCUT2D eigenvalue weighted by atomic mass is 9.93. The summed E-state index contributed by atoms with van der Waals surface area (Å²) in [5.41, 5.74) is 0.479. The number of anilines is 1. The highest BCUT2D eigenvalue weighted by atomic mass is 79.9. The fourth-order valence-electron chi connectivity index (χ4n) is 2.82. The fourth-order valence-corrected chi connectivity index (χ4v) is 3.48. The van der Waals surface area contributed by atoms with Gasteiger partial charge in [0.05, 0.1) is 5.69 Å². The van der Waals surface area contributed by atoms with Crippen molar-refractivity contribution in [3.05, 3.63) is 28.2 Å². The Morgan fingerprint density at radius 2 is 2.15 bits per heavy atom. The van der Waals surface area contributed by atoms with Gasteiger partial charge in [-0.1, -0.05) is 13.8 Å². The highest BCUT2D eigenvalue weighted by Crippen LogP contribution is 2.33. The third-order valence-corrected chi connectivity index (χ3v) is 4.46. The van der Waals surface area contributed by atoms with E-state index in [1.54, 1.807) is 0 Å². The number of nitrogens with one attached hydrogen (secondary N) is 1. The van der Waals surface area contributed by atoms with E-state index < -0.39 is 11.6 Å². The van der Waals surface area contributed by atoms with Crippen LogP contribution < -0.4 is 10.2 Å². The van der Waals surface area contributed by atoms with Crippen LogP contribution in [0.3, 0.4) is 0 Å². The molecule has 1 saturated heterocycles. The molecule has 0 aliphatic carbocycles. The van der Waals surface area contributed by atoms with Gasteiger partial charge in [-0.15, -0.1) is 0 Å². The minimum atomic E-state index is -0.550. The van der Waals surface area contributed by atoms with Crippen LogP contribution in [0.25, 0.3) is 0 Å². The molecule has 1 aliphatic rings. The van der Waals surface area contributed by atoms with E-state index in [1.807, 2.05) is 4.90 Å². The maximum Gasteiger partial charge on any atom is 0.150 e. The van der Waals surface area contributed by atoms with Crippen LogP contribution in [0.2, 0.25) is 0 Å². The van der Waals surface area contributed by atoms with Crippen LogP contribution >= 0.6 is 15.9 Å². The quantitative estimate of drug-likeness (QED) is 0.888. The molecule has 112 valence electrons. The second-order valence-electron chi connectivity index (χ2n) is 5.49. The lowest BCUT2D eigenvalue weighted by Crippen LogP contribution is -2.48. The summed E-state index contributed by atoms with van der Waals surface area (Å²) in [6, 6.07) is 2.75. The normalized spacial score (nSPS) is 23.1. The Kier molecular flexibility index (Phi) is 5.38. The molecule has 0 bridgehead atoms. The minimum absolute atomic E-state index is 0.437. The predicted octanol–water partition coefficient (Wildman–Crippen LogP) is 3.94. The molecule has 2 rings (SSSR count). The summed E-state index contributed by atoms with van der Waals surface area (Å²) < 4.78 is 27.6. The van der Waals surface area contributed by atoms with Crippen molar-refractivity contribution in [2.24, 2.45) is 5.92 Å². The predicted molar refractivity (Wildman–Crippen MR) is 82.1 cm³/mol. The number of halogens is 3. The Morgan fingerprint density at radius 3 is 2.75 bits per heavy atom. The summed E-state index contributed by atoms with van der Waals surface area (Å²) in [4.78, 5) is 2.01. The lowest BCUT2D eigenvalue weighted by Gasteiger charge is -2.39. The van der Waals surface area contributed by atoms with Crippen molar-refractivity contribution < 1.29 is 8.78 Å².